The quantitative estimate of drug-likeness (QED) is 0.166. The van der Waals surface area contributed by atoms with Crippen LogP contribution in [0.4, 0.5) is 0 Å². The summed E-state index contributed by atoms with van der Waals surface area (Å²) >= 11 is 12.3. The van der Waals surface area contributed by atoms with Crippen molar-refractivity contribution < 1.29 is 0 Å². The fraction of sp³-hybridized carbons (Fsp3) is 0. The molecule has 61 heavy (non-hydrogen) atoms. The maximum atomic E-state index is 6.86. The van der Waals surface area contributed by atoms with Crippen molar-refractivity contribution in [3.05, 3.63) is 175 Å². The maximum Gasteiger partial charge on any atom is 0.223 e. The number of rotatable bonds is 3. The van der Waals surface area contributed by atoms with Crippen LogP contribution in [0.5, 0.6) is 0 Å². The summed E-state index contributed by atoms with van der Waals surface area (Å²) in [6, 6.07) is 62.1. The van der Waals surface area contributed by atoms with E-state index in [9.17, 15) is 0 Å². The van der Waals surface area contributed by atoms with Crippen LogP contribution < -0.4 is 0 Å². The van der Waals surface area contributed by atoms with Gasteiger partial charge in [-0.3, -0.25) is 0 Å². The number of thiophene rings is 3. The van der Waals surface area contributed by atoms with Gasteiger partial charge < -0.3 is 4.57 Å². The van der Waals surface area contributed by atoms with Gasteiger partial charge in [0.1, 0.15) is 0 Å². The minimum atomic E-state index is 0.252. The minimum absolute atomic E-state index is 0.252. The number of hydrogen-bond acceptors (Lipinski definition) is 5. The average molecular weight is 850 g/mol. The first kappa shape index (κ1) is 34.1. The molecule has 14 aromatic rings. The summed E-state index contributed by atoms with van der Waals surface area (Å²) in [5, 5.41) is 14.0. The van der Waals surface area contributed by atoms with Crippen molar-refractivity contribution in [1.82, 2.24) is 14.5 Å². The van der Waals surface area contributed by atoms with E-state index in [4.69, 9.17) is 21.6 Å². The van der Waals surface area contributed by atoms with Crippen molar-refractivity contribution in [1.29, 1.82) is 0 Å². The van der Waals surface area contributed by atoms with Gasteiger partial charge in [-0.05, 0) is 87.4 Å². The maximum absolute atomic E-state index is 6.86. The summed E-state index contributed by atoms with van der Waals surface area (Å²) in [5.74, 6) is 0. The van der Waals surface area contributed by atoms with Crippen molar-refractivity contribution in [3.63, 3.8) is 0 Å². The normalized spacial score (nSPS) is 12.3. The van der Waals surface area contributed by atoms with Gasteiger partial charge in [-0.1, -0.05) is 121 Å². The molecule has 0 aliphatic heterocycles. The third-order valence-electron chi connectivity index (χ3n) is 12.5. The van der Waals surface area contributed by atoms with Gasteiger partial charge >= 0.3 is 0 Å². The summed E-state index contributed by atoms with van der Waals surface area (Å²) in [6.45, 7) is 0. The zero-order chi connectivity index (χ0) is 39.9. The molecule has 3 nitrogen and oxygen atoms in total. The number of benzene rings is 9. The van der Waals surface area contributed by atoms with Crippen LogP contribution >= 0.6 is 45.6 Å². The Balaban J connectivity index is 1.01. The molecule has 0 unspecified atom stereocenters. The van der Waals surface area contributed by atoms with E-state index in [1.165, 1.54) is 99.5 Å². The molecule has 0 bridgehead atoms. The Labute approximate surface area is 365 Å². The van der Waals surface area contributed by atoms with E-state index < -0.39 is 0 Å². The Hall–Kier alpha value is -6.67. The second-order valence-electron chi connectivity index (χ2n) is 15.7. The summed E-state index contributed by atoms with van der Waals surface area (Å²) in [7, 11) is 0. The van der Waals surface area contributed by atoms with Gasteiger partial charge in [0, 0.05) is 77.8 Å². The topological polar surface area (TPSA) is 30.7 Å². The van der Waals surface area contributed by atoms with E-state index in [2.05, 4.69) is 174 Å². The third kappa shape index (κ3) is 4.79. The van der Waals surface area contributed by atoms with Crippen LogP contribution in [0.2, 0.25) is 5.28 Å². The lowest BCUT2D eigenvalue weighted by atomic mass is 9.96. The molecule has 0 saturated carbocycles. The van der Waals surface area contributed by atoms with E-state index in [1.807, 2.05) is 22.7 Å². The lowest BCUT2D eigenvalue weighted by molar-refractivity contribution is 1.19. The number of para-hydroxylation sites is 1. The molecular formula is C54H28ClN3S3. The van der Waals surface area contributed by atoms with Crippen LogP contribution in [0, 0.1) is 0 Å². The second-order valence-corrected chi connectivity index (χ2v) is 19.3. The standard InChI is InChI=1S/C54H28ClN3S3/c55-54-56-49(53-50(57-54)47-33-15-5-4-14-32(33)38(28-45(47)61-53)29-12-2-1-3-13-29)30-22-24-43-39(26-30)40-27-31(23-25-44(40)59-43)58-41-20-10-8-18-36(41)48-51(58)35-17-7-6-16-34(35)46-37-19-9-11-21-42(37)60-52(46)48/h1-28H. The van der Waals surface area contributed by atoms with Crippen LogP contribution in [0.15, 0.2) is 170 Å². The monoisotopic (exact) mass is 849 g/mol. The largest absolute Gasteiger partial charge is 0.309 e. The lowest BCUT2D eigenvalue weighted by Crippen LogP contribution is -1.94. The van der Waals surface area contributed by atoms with E-state index in [0.29, 0.717) is 0 Å². The molecule has 0 fully saturated rings. The van der Waals surface area contributed by atoms with Gasteiger partial charge in [0.25, 0.3) is 0 Å². The van der Waals surface area contributed by atoms with Gasteiger partial charge in [-0.15, -0.1) is 34.0 Å². The zero-order valence-corrected chi connectivity index (χ0v) is 35.3. The lowest BCUT2D eigenvalue weighted by Gasteiger charge is -2.11. The number of halogens is 1. The molecule has 7 heteroatoms. The summed E-state index contributed by atoms with van der Waals surface area (Å²) < 4.78 is 9.86. The highest BCUT2D eigenvalue weighted by atomic mass is 35.5. The Morgan fingerprint density at radius 2 is 1.05 bits per heavy atom. The molecule has 0 N–H and O–H groups in total. The van der Waals surface area contributed by atoms with Gasteiger partial charge in [0.15, 0.2) is 0 Å². The molecule has 0 aliphatic carbocycles. The average Bonchev–Trinajstić information content (AvgIpc) is 4.07. The molecule has 0 saturated heterocycles. The third-order valence-corrected chi connectivity index (χ3v) is 16.2. The van der Waals surface area contributed by atoms with Crippen molar-refractivity contribution in [2.24, 2.45) is 0 Å². The highest BCUT2D eigenvalue weighted by molar-refractivity contribution is 7.27. The minimum Gasteiger partial charge on any atom is -0.309 e. The van der Waals surface area contributed by atoms with E-state index in [-0.39, 0.29) is 5.28 Å². The predicted molar refractivity (Wildman–Crippen MR) is 266 cm³/mol. The van der Waals surface area contributed by atoms with Crippen LogP contribution in [0.1, 0.15) is 0 Å². The SMILES string of the molecule is Clc1nc(-c2ccc3sc4ccc(-n5c6ccccc6c6c7sc8ccccc8c7c7ccccc7c65)cc4c3c2)c2sc3cc(-c4ccccc4)c4ccccc4c3c2n1. The molecule has 0 atom stereocenters. The van der Waals surface area contributed by atoms with Crippen LogP contribution in [0.25, 0.3) is 132 Å². The molecule has 5 heterocycles. The first-order valence-electron chi connectivity index (χ1n) is 20.3. The molecule has 9 aromatic carbocycles. The molecule has 0 radical (unpaired) electrons. The highest BCUT2D eigenvalue weighted by Crippen LogP contribution is 2.49. The van der Waals surface area contributed by atoms with Crippen molar-refractivity contribution in [2.75, 3.05) is 0 Å². The zero-order valence-electron chi connectivity index (χ0n) is 32.1. The van der Waals surface area contributed by atoms with E-state index in [1.54, 1.807) is 11.3 Å². The molecule has 0 amide bonds. The fourth-order valence-corrected chi connectivity index (χ4v) is 13.7. The van der Waals surface area contributed by atoms with Crippen LogP contribution in [-0.4, -0.2) is 14.5 Å². The number of fused-ring (bicyclic) bond motifs is 18. The number of aromatic nitrogens is 3. The molecular weight excluding hydrogens is 822 g/mol. The van der Waals surface area contributed by atoms with Crippen molar-refractivity contribution >= 4 is 150 Å². The van der Waals surface area contributed by atoms with Crippen LogP contribution in [0.3, 0.4) is 0 Å². The van der Waals surface area contributed by atoms with Crippen molar-refractivity contribution in [3.8, 4) is 28.1 Å². The highest BCUT2D eigenvalue weighted by Gasteiger charge is 2.23. The van der Waals surface area contributed by atoms with Gasteiger partial charge in [0.2, 0.25) is 5.28 Å². The Morgan fingerprint density at radius 3 is 1.89 bits per heavy atom. The van der Waals surface area contributed by atoms with E-state index >= 15 is 0 Å². The summed E-state index contributed by atoms with van der Waals surface area (Å²) in [6.07, 6.45) is 0. The van der Waals surface area contributed by atoms with Gasteiger partial charge in [0.05, 0.1) is 26.9 Å². The first-order chi connectivity index (χ1) is 30.2. The Kier molecular flexibility index (Phi) is 7.08. The fourth-order valence-electron chi connectivity index (χ4n) is 9.97. The Bertz CT molecular complexity index is 4190. The summed E-state index contributed by atoms with van der Waals surface area (Å²) in [4.78, 5) is 9.87. The summed E-state index contributed by atoms with van der Waals surface area (Å²) in [5.41, 5.74) is 8.80. The number of nitrogens with zero attached hydrogens (tertiary/aromatic N) is 3. The van der Waals surface area contributed by atoms with Crippen LogP contribution in [-0.2, 0) is 0 Å². The molecule has 284 valence electrons. The number of hydrogen-bond donors (Lipinski definition) is 0. The first-order valence-corrected chi connectivity index (χ1v) is 23.1. The molecule has 14 rings (SSSR count). The Morgan fingerprint density at radius 1 is 0.410 bits per heavy atom. The second kappa shape index (κ2) is 12.7. The van der Waals surface area contributed by atoms with Gasteiger partial charge in [-0.2, -0.15) is 0 Å². The molecule has 5 aromatic heterocycles. The van der Waals surface area contributed by atoms with Gasteiger partial charge in [-0.25, -0.2) is 9.97 Å². The molecule has 0 aliphatic rings. The predicted octanol–water partition coefficient (Wildman–Crippen LogP) is 17.0. The smallest absolute Gasteiger partial charge is 0.223 e. The van der Waals surface area contributed by atoms with Crippen molar-refractivity contribution in [2.45, 2.75) is 0 Å². The molecule has 0 spiro atoms. The van der Waals surface area contributed by atoms with E-state index in [0.717, 1.165) is 32.5 Å².